The lowest BCUT2D eigenvalue weighted by Gasteiger charge is -2.41. The van der Waals surface area contributed by atoms with E-state index in [0.29, 0.717) is 35.8 Å². The standard InChI is InChI=1S/C32H31ClN6O4S2/c1-31(14-23(33)6-9-27(31)22-16-37-38(2)18-22)45(40,41)39-13-11-25-26(10-12-34-29(25)39)30-35-17-28(44-30)32(19-43-20-32)36-15-21-4-7-24(42-3)8-5-21/h4-14,16-18,27,36H,15,19-20H2,1-3H3. The van der Waals surface area contributed by atoms with Gasteiger partial charge in [-0.3, -0.25) is 10.00 Å². The molecule has 2 aliphatic rings. The Kier molecular flexibility index (Phi) is 7.45. The summed E-state index contributed by atoms with van der Waals surface area (Å²) >= 11 is 7.98. The molecule has 232 valence electrons. The van der Waals surface area contributed by atoms with Crippen molar-refractivity contribution >= 4 is 44.0 Å². The van der Waals surface area contributed by atoms with Crippen LogP contribution in [0.5, 0.6) is 5.75 Å². The molecule has 1 aromatic carbocycles. The minimum Gasteiger partial charge on any atom is -0.497 e. The molecule has 1 aliphatic heterocycles. The van der Waals surface area contributed by atoms with Gasteiger partial charge in [0, 0.05) is 65.2 Å². The third kappa shape index (κ3) is 5.01. The zero-order valence-electron chi connectivity index (χ0n) is 24.8. The van der Waals surface area contributed by atoms with E-state index in [1.165, 1.54) is 3.97 Å². The van der Waals surface area contributed by atoms with Crippen molar-refractivity contribution in [3.8, 4) is 16.3 Å². The Bertz CT molecular complexity index is 2060. The maximum atomic E-state index is 14.5. The van der Waals surface area contributed by atoms with Crippen molar-refractivity contribution in [1.29, 1.82) is 0 Å². The van der Waals surface area contributed by atoms with Gasteiger partial charge in [-0.25, -0.2) is 22.4 Å². The SMILES string of the molecule is COc1ccc(CNC2(c3cnc(-c4ccnc5c4ccn5S(=O)(=O)C4(C)C=C(Cl)C=CC4c4cnn(C)c4)s3)COC2)cc1. The number of rotatable bonds is 9. The van der Waals surface area contributed by atoms with E-state index in [0.717, 1.165) is 32.3 Å². The lowest BCUT2D eigenvalue weighted by molar-refractivity contribution is -0.0778. The predicted molar refractivity (Wildman–Crippen MR) is 175 cm³/mol. The highest BCUT2D eigenvalue weighted by molar-refractivity contribution is 7.91. The molecule has 0 bridgehead atoms. The highest BCUT2D eigenvalue weighted by Crippen LogP contribution is 2.44. The number of hydrogen-bond donors (Lipinski definition) is 1. The molecule has 1 fully saturated rings. The van der Waals surface area contributed by atoms with Gasteiger partial charge in [0.25, 0.3) is 0 Å². The molecule has 2 unspecified atom stereocenters. The molecular weight excluding hydrogens is 632 g/mol. The smallest absolute Gasteiger partial charge is 0.250 e. The molecule has 7 rings (SSSR count). The number of thiazole rings is 1. The number of halogens is 1. The van der Waals surface area contributed by atoms with Crippen molar-refractivity contribution < 1.29 is 17.9 Å². The van der Waals surface area contributed by atoms with E-state index in [-0.39, 0.29) is 5.54 Å². The number of allylic oxidation sites excluding steroid dienone is 3. The Labute approximate surface area is 270 Å². The van der Waals surface area contributed by atoms with Crippen molar-refractivity contribution in [2.75, 3.05) is 20.3 Å². The van der Waals surface area contributed by atoms with Gasteiger partial charge in [0.1, 0.15) is 21.0 Å². The van der Waals surface area contributed by atoms with Gasteiger partial charge < -0.3 is 9.47 Å². The van der Waals surface area contributed by atoms with Crippen LogP contribution in [0.3, 0.4) is 0 Å². The molecule has 0 saturated carbocycles. The summed E-state index contributed by atoms with van der Waals surface area (Å²) in [7, 11) is -0.606. The van der Waals surface area contributed by atoms with Gasteiger partial charge in [-0.15, -0.1) is 11.3 Å². The van der Waals surface area contributed by atoms with Gasteiger partial charge >= 0.3 is 0 Å². The molecule has 1 saturated heterocycles. The summed E-state index contributed by atoms with van der Waals surface area (Å²) in [5.74, 6) is 0.309. The number of aryl methyl sites for hydroxylation is 1. The number of hydrogen-bond acceptors (Lipinski definition) is 9. The second kappa shape index (κ2) is 11.2. The summed E-state index contributed by atoms with van der Waals surface area (Å²) < 4.78 is 41.4. The Morgan fingerprint density at radius 1 is 1.16 bits per heavy atom. The molecule has 0 spiro atoms. The minimum absolute atomic E-state index is 0.328. The monoisotopic (exact) mass is 662 g/mol. The van der Waals surface area contributed by atoms with Crippen LogP contribution in [0.15, 0.2) is 90.6 Å². The normalized spacial score (nSPS) is 21.1. The molecule has 10 nitrogen and oxygen atoms in total. The maximum Gasteiger partial charge on any atom is 0.250 e. The van der Waals surface area contributed by atoms with Crippen molar-refractivity contribution in [3.05, 3.63) is 107 Å². The first-order valence-electron chi connectivity index (χ1n) is 14.3. The average molecular weight is 663 g/mol. The van der Waals surface area contributed by atoms with Crippen LogP contribution in [0.1, 0.15) is 28.8 Å². The lowest BCUT2D eigenvalue weighted by atomic mass is 9.85. The van der Waals surface area contributed by atoms with E-state index >= 15 is 0 Å². The number of methoxy groups -OCH3 is 1. The van der Waals surface area contributed by atoms with Gasteiger partial charge in [0.2, 0.25) is 10.0 Å². The molecule has 5 aromatic rings. The molecule has 13 heteroatoms. The van der Waals surface area contributed by atoms with Gasteiger partial charge in [-0.2, -0.15) is 5.10 Å². The molecule has 5 heterocycles. The number of pyridine rings is 1. The fraction of sp³-hybridized carbons (Fsp3) is 0.281. The third-order valence-electron chi connectivity index (χ3n) is 8.64. The van der Waals surface area contributed by atoms with Gasteiger partial charge in [0.05, 0.1) is 26.5 Å². The van der Waals surface area contributed by atoms with E-state index < -0.39 is 20.7 Å². The zero-order chi connectivity index (χ0) is 31.4. The minimum atomic E-state index is -4.06. The van der Waals surface area contributed by atoms with Crippen LogP contribution < -0.4 is 10.1 Å². The highest BCUT2D eigenvalue weighted by atomic mass is 35.5. The van der Waals surface area contributed by atoms with E-state index in [4.69, 9.17) is 26.1 Å². The van der Waals surface area contributed by atoms with Crippen molar-refractivity contribution in [2.24, 2.45) is 7.05 Å². The first-order valence-corrected chi connectivity index (χ1v) is 17.0. The number of fused-ring (bicyclic) bond motifs is 1. The second-order valence-corrected chi connectivity index (χ2v) is 15.2. The zero-order valence-corrected chi connectivity index (χ0v) is 27.2. The van der Waals surface area contributed by atoms with Crippen LogP contribution >= 0.6 is 22.9 Å². The van der Waals surface area contributed by atoms with Gasteiger partial charge in [-0.05, 0) is 54.5 Å². The van der Waals surface area contributed by atoms with Crippen LogP contribution in [-0.4, -0.2) is 57.2 Å². The Balaban J connectivity index is 1.21. The van der Waals surface area contributed by atoms with E-state index in [9.17, 15) is 8.42 Å². The van der Waals surface area contributed by atoms with E-state index in [1.54, 1.807) is 73.9 Å². The summed E-state index contributed by atoms with van der Waals surface area (Å²) in [6.45, 7) is 3.42. The Hall–Kier alpha value is -3.81. The molecule has 0 amide bonds. The number of aromatic nitrogens is 5. The predicted octanol–water partition coefficient (Wildman–Crippen LogP) is 5.33. The number of nitrogens with zero attached hydrogens (tertiary/aromatic N) is 5. The van der Waals surface area contributed by atoms with Crippen LogP contribution in [0.4, 0.5) is 0 Å². The largest absolute Gasteiger partial charge is 0.497 e. The topological polar surface area (TPSA) is 113 Å². The van der Waals surface area contributed by atoms with Crippen molar-refractivity contribution in [2.45, 2.75) is 29.7 Å². The summed E-state index contributed by atoms with van der Waals surface area (Å²) in [5, 5.41) is 9.76. The number of ether oxygens (including phenoxy) is 2. The highest BCUT2D eigenvalue weighted by Gasteiger charge is 2.48. The first-order chi connectivity index (χ1) is 21.6. The van der Waals surface area contributed by atoms with Crippen molar-refractivity contribution in [1.82, 2.24) is 29.0 Å². The molecule has 0 radical (unpaired) electrons. The quantitative estimate of drug-likeness (QED) is 0.225. The maximum absolute atomic E-state index is 14.5. The van der Waals surface area contributed by atoms with Crippen LogP contribution in [-0.2, 0) is 33.9 Å². The Morgan fingerprint density at radius 2 is 1.96 bits per heavy atom. The van der Waals surface area contributed by atoms with Crippen LogP contribution in [0.2, 0.25) is 0 Å². The number of benzene rings is 1. The molecular formula is C32H31ClN6O4S2. The molecule has 1 N–H and O–H groups in total. The molecule has 2 atom stereocenters. The summed E-state index contributed by atoms with van der Waals surface area (Å²) in [6, 6.07) is 11.6. The summed E-state index contributed by atoms with van der Waals surface area (Å²) in [6.07, 6.45) is 13.7. The van der Waals surface area contributed by atoms with Crippen molar-refractivity contribution in [3.63, 3.8) is 0 Å². The van der Waals surface area contributed by atoms with E-state index in [1.807, 2.05) is 48.8 Å². The second-order valence-electron chi connectivity index (χ2n) is 11.5. The Morgan fingerprint density at radius 3 is 2.64 bits per heavy atom. The van der Waals surface area contributed by atoms with Gasteiger partial charge in [0.15, 0.2) is 5.65 Å². The van der Waals surface area contributed by atoms with Crippen LogP contribution in [0, 0.1) is 0 Å². The number of nitrogens with one attached hydrogen (secondary N) is 1. The lowest BCUT2D eigenvalue weighted by Crippen LogP contribution is -2.56. The summed E-state index contributed by atoms with van der Waals surface area (Å²) in [4.78, 5) is 10.4. The fourth-order valence-electron chi connectivity index (χ4n) is 5.95. The molecule has 4 aromatic heterocycles. The first kappa shape index (κ1) is 29.9. The van der Waals surface area contributed by atoms with Gasteiger partial charge in [-0.1, -0.05) is 29.8 Å². The summed E-state index contributed by atoms with van der Waals surface area (Å²) in [5.41, 5.74) is 2.69. The third-order valence-corrected chi connectivity index (χ3v) is 12.4. The average Bonchev–Trinajstić information content (AvgIpc) is 3.77. The molecule has 1 aliphatic carbocycles. The van der Waals surface area contributed by atoms with E-state index in [2.05, 4.69) is 15.4 Å². The molecule has 45 heavy (non-hydrogen) atoms. The van der Waals surface area contributed by atoms with Crippen LogP contribution in [0.25, 0.3) is 21.6 Å². The fourth-order valence-corrected chi connectivity index (χ4v) is 9.23.